The lowest BCUT2D eigenvalue weighted by Gasteiger charge is -2.36. The van der Waals surface area contributed by atoms with Gasteiger partial charge in [-0.2, -0.15) is 0 Å². The van der Waals surface area contributed by atoms with Gasteiger partial charge in [-0.15, -0.1) is 0 Å². The third kappa shape index (κ3) is 3.31. The molecule has 2 heterocycles. The van der Waals surface area contributed by atoms with Crippen molar-refractivity contribution < 1.29 is 19.0 Å². The lowest BCUT2D eigenvalue weighted by Crippen LogP contribution is -2.50. The van der Waals surface area contributed by atoms with Crippen molar-refractivity contribution in [3.8, 4) is 0 Å². The zero-order chi connectivity index (χ0) is 13.7. The predicted octanol–water partition coefficient (Wildman–Crippen LogP) is -0.184. The van der Waals surface area contributed by atoms with Gasteiger partial charge in [0.1, 0.15) is 6.10 Å². The maximum atomic E-state index is 11.8. The van der Waals surface area contributed by atoms with E-state index in [0.717, 1.165) is 0 Å². The van der Waals surface area contributed by atoms with E-state index >= 15 is 0 Å². The molecule has 0 unspecified atom stereocenters. The van der Waals surface area contributed by atoms with Crippen molar-refractivity contribution in [1.29, 1.82) is 0 Å². The first kappa shape index (κ1) is 14.0. The Bertz CT molecular complexity index is 396. The van der Waals surface area contributed by atoms with Crippen molar-refractivity contribution in [2.75, 3.05) is 34.0 Å². The first-order valence-electron chi connectivity index (χ1n) is 6.17. The molecule has 19 heavy (non-hydrogen) atoms. The first-order valence-corrected chi connectivity index (χ1v) is 6.17. The molecule has 1 aliphatic rings. The number of carbonyl (C=O) groups excluding carboxylic acids is 1. The molecule has 2 N–H and O–H groups in total. The molecule has 1 aromatic rings. The summed E-state index contributed by atoms with van der Waals surface area (Å²) in [7, 11) is 3.27. The normalized spacial score (nSPS) is 27.2. The average Bonchev–Trinajstić information content (AvgIpc) is 2.98. The number of ether oxygens (including phenoxy) is 3. The monoisotopic (exact) mass is 269 g/mol. The summed E-state index contributed by atoms with van der Waals surface area (Å²) in [4.78, 5) is 18.4. The fourth-order valence-corrected chi connectivity index (χ4v) is 2.25. The molecule has 0 radical (unpaired) electrons. The number of hydrogen-bond donors (Lipinski definition) is 2. The quantitative estimate of drug-likeness (QED) is 0.774. The summed E-state index contributed by atoms with van der Waals surface area (Å²) in [6.45, 7) is 1.51. The molecule has 106 valence electrons. The SMILES string of the molecule is CO[C@H]1[C@H](CNC(=O)c2ncc[nH]2)COC[C@H]1OC. The van der Waals surface area contributed by atoms with Gasteiger partial charge in [0.15, 0.2) is 5.82 Å². The van der Waals surface area contributed by atoms with Gasteiger partial charge in [0.05, 0.1) is 19.3 Å². The van der Waals surface area contributed by atoms with Crippen molar-refractivity contribution in [2.45, 2.75) is 12.2 Å². The first-order chi connectivity index (χ1) is 9.26. The molecule has 0 aromatic carbocycles. The molecule has 7 nitrogen and oxygen atoms in total. The van der Waals surface area contributed by atoms with Crippen LogP contribution in [0.3, 0.4) is 0 Å². The van der Waals surface area contributed by atoms with E-state index in [2.05, 4.69) is 15.3 Å². The number of imidazole rings is 1. The predicted molar refractivity (Wildman–Crippen MR) is 66.8 cm³/mol. The maximum Gasteiger partial charge on any atom is 0.287 e. The number of amides is 1. The van der Waals surface area contributed by atoms with Crippen LogP contribution in [0.5, 0.6) is 0 Å². The standard InChI is InChI=1S/C12H19N3O4/c1-17-9-7-19-6-8(10(9)18-2)5-15-12(16)11-13-3-4-14-11/h3-4,8-10H,5-7H2,1-2H3,(H,13,14)(H,15,16)/t8-,9-,10+/m1/s1. The van der Waals surface area contributed by atoms with Crippen LogP contribution in [-0.2, 0) is 14.2 Å². The molecule has 1 aliphatic heterocycles. The molecule has 2 rings (SSSR count). The van der Waals surface area contributed by atoms with Crippen LogP contribution in [-0.4, -0.2) is 62.1 Å². The zero-order valence-corrected chi connectivity index (χ0v) is 11.1. The molecule has 1 saturated heterocycles. The van der Waals surface area contributed by atoms with Crippen molar-refractivity contribution in [3.05, 3.63) is 18.2 Å². The number of H-pyrrole nitrogens is 1. The Morgan fingerprint density at radius 2 is 2.37 bits per heavy atom. The highest BCUT2D eigenvalue weighted by Crippen LogP contribution is 2.19. The van der Waals surface area contributed by atoms with Crippen molar-refractivity contribution >= 4 is 5.91 Å². The van der Waals surface area contributed by atoms with E-state index in [1.807, 2.05) is 0 Å². The molecular weight excluding hydrogens is 250 g/mol. The number of methoxy groups -OCH3 is 2. The number of nitrogens with one attached hydrogen (secondary N) is 2. The Hall–Kier alpha value is -1.44. The summed E-state index contributed by atoms with van der Waals surface area (Å²) in [6.07, 6.45) is 2.95. The minimum absolute atomic E-state index is 0.0580. The molecule has 0 bridgehead atoms. The minimum Gasteiger partial charge on any atom is -0.378 e. The van der Waals surface area contributed by atoms with Crippen molar-refractivity contribution in [3.63, 3.8) is 0 Å². The Labute approximate surface area is 111 Å². The summed E-state index contributed by atoms with van der Waals surface area (Å²) in [6, 6.07) is 0. The maximum absolute atomic E-state index is 11.8. The Morgan fingerprint density at radius 3 is 3.00 bits per heavy atom. The van der Waals surface area contributed by atoms with Gasteiger partial charge in [-0.05, 0) is 0 Å². The van der Waals surface area contributed by atoms with Gasteiger partial charge in [-0.1, -0.05) is 0 Å². The third-order valence-electron chi connectivity index (χ3n) is 3.26. The van der Waals surface area contributed by atoms with Crippen LogP contribution in [0.4, 0.5) is 0 Å². The van der Waals surface area contributed by atoms with E-state index < -0.39 is 0 Å². The number of rotatable bonds is 5. The van der Waals surface area contributed by atoms with Gasteiger partial charge >= 0.3 is 0 Å². The van der Waals surface area contributed by atoms with Crippen LogP contribution in [0.15, 0.2) is 12.4 Å². The van der Waals surface area contributed by atoms with E-state index in [9.17, 15) is 4.79 Å². The largest absolute Gasteiger partial charge is 0.378 e. The lowest BCUT2D eigenvalue weighted by molar-refractivity contribution is -0.145. The fourth-order valence-electron chi connectivity index (χ4n) is 2.25. The van der Waals surface area contributed by atoms with Gasteiger partial charge in [0.25, 0.3) is 5.91 Å². The molecular formula is C12H19N3O4. The minimum atomic E-state index is -0.237. The summed E-state index contributed by atoms with van der Waals surface area (Å²) >= 11 is 0. The third-order valence-corrected chi connectivity index (χ3v) is 3.26. The van der Waals surface area contributed by atoms with Crippen LogP contribution in [0, 0.1) is 5.92 Å². The second-order valence-corrected chi connectivity index (χ2v) is 4.42. The second kappa shape index (κ2) is 6.65. The number of aromatic amines is 1. The molecule has 1 amide bonds. The van der Waals surface area contributed by atoms with Gasteiger partial charge in [-0.3, -0.25) is 4.79 Å². The molecule has 1 aromatic heterocycles. The number of carbonyl (C=O) groups is 1. The molecule has 0 aliphatic carbocycles. The second-order valence-electron chi connectivity index (χ2n) is 4.42. The fraction of sp³-hybridized carbons (Fsp3) is 0.667. The van der Waals surface area contributed by atoms with E-state index in [0.29, 0.717) is 25.6 Å². The summed E-state index contributed by atoms with van der Waals surface area (Å²) in [5.74, 6) is 0.121. The van der Waals surface area contributed by atoms with Crippen LogP contribution in [0.25, 0.3) is 0 Å². The van der Waals surface area contributed by atoms with Gasteiger partial charge in [0.2, 0.25) is 0 Å². The Balaban J connectivity index is 1.88. The van der Waals surface area contributed by atoms with E-state index in [-0.39, 0.29) is 24.0 Å². The van der Waals surface area contributed by atoms with Crippen molar-refractivity contribution in [1.82, 2.24) is 15.3 Å². The molecule has 0 spiro atoms. The zero-order valence-electron chi connectivity index (χ0n) is 11.1. The number of hydrogen-bond acceptors (Lipinski definition) is 5. The lowest BCUT2D eigenvalue weighted by atomic mass is 9.96. The number of nitrogens with zero attached hydrogens (tertiary/aromatic N) is 1. The van der Waals surface area contributed by atoms with E-state index in [4.69, 9.17) is 14.2 Å². The molecule has 1 fully saturated rings. The number of aromatic nitrogens is 2. The highest BCUT2D eigenvalue weighted by atomic mass is 16.6. The smallest absolute Gasteiger partial charge is 0.287 e. The average molecular weight is 269 g/mol. The molecule has 0 saturated carbocycles. The van der Waals surface area contributed by atoms with Crippen molar-refractivity contribution in [2.24, 2.45) is 5.92 Å². The van der Waals surface area contributed by atoms with Crippen LogP contribution < -0.4 is 5.32 Å². The van der Waals surface area contributed by atoms with Gasteiger partial charge in [0, 0.05) is 39.1 Å². The summed E-state index contributed by atoms with van der Waals surface area (Å²) in [5, 5.41) is 2.82. The topological polar surface area (TPSA) is 85.5 Å². The van der Waals surface area contributed by atoms with Crippen LogP contribution >= 0.6 is 0 Å². The highest BCUT2D eigenvalue weighted by Gasteiger charge is 2.34. The van der Waals surface area contributed by atoms with Gasteiger partial charge < -0.3 is 24.5 Å². The molecule has 3 atom stereocenters. The van der Waals surface area contributed by atoms with Crippen LogP contribution in [0.2, 0.25) is 0 Å². The Morgan fingerprint density at radius 1 is 1.53 bits per heavy atom. The molecule has 7 heteroatoms. The highest BCUT2D eigenvalue weighted by molar-refractivity contribution is 5.90. The van der Waals surface area contributed by atoms with Crippen LogP contribution in [0.1, 0.15) is 10.6 Å². The Kier molecular flexibility index (Phi) is 4.89. The van der Waals surface area contributed by atoms with Gasteiger partial charge in [-0.25, -0.2) is 4.98 Å². The summed E-state index contributed by atoms with van der Waals surface area (Å²) in [5.41, 5.74) is 0. The van der Waals surface area contributed by atoms with E-state index in [1.54, 1.807) is 20.4 Å². The summed E-state index contributed by atoms with van der Waals surface area (Å²) < 4.78 is 16.2. The van der Waals surface area contributed by atoms with E-state index in [1.165, 1.54) is 6.20 Å².